The summed E-state index contributed by atoms with van der Waals surface area (Å²) in [5.41, 5.74) is 0. The minimum absolute atomic E-state index is 0. The second-order valence-corrected chi connectivity index (χ2v) is 7.16. The lowest BCUT2D eigenvalue weighted by atomic mass is 9.95. The van der Waals surface area contributed by atoms with Gasteiger partial charge in [0, 0.05) is 41.4 Å². The molecule has 1 aliphatic carbocycles. The van der Waals surface area contributed by atoms with Crippen LogP contribution in [0.15, 0.2) is 4.99 Å². The Morgan fingerprint density at radius 1 is 1.35 bits per heavy atom. The number of nitrogens with one attached hydrogen (secondary N) is 2. The summed E-state index contributed by atoms with van der Waals surface area (Å²) in [7, 11) is 1.15. The van der Waals surface area contributed by atoms with Crippen LogP contribution in [0.3, 0.4) is 0 Å². The molecule has 0 radical (unpaired) electrons. The maximum absolute atomic E-state index is 11.9. The molecular formula is C14H30IN3OS. The summed E-state index contributed by atoms with van der Waals surface area (Å²) in [6.45, 7) is 5.16. The fourth-order valence-electron chi connectivity index (χ4n) is 2.52. The van der Waals surface area contributed by atoms with Gasteiger partial charge >= 0.3 is 0 Å². The third-order valence-corrected chi connectivity index (χ3v) is 5.41. The number of hydrogen-bond donors (Lipinski definition) is 2. The Morgan fingerprint density at radius 2 is 2.10 bits per heavy atom. The minimum atomic E-state index is -0.658. The van der Waals surface area contributed by atoms with Gasteiger partial charge in [-0.05, 0) is 25.7 Å². The molecule has 1 aliphatic rings. The third-order valence-electron chi connectivity index (χ3n) is 3.67. The zero-order chi connectivity index (χ0) is 14.1. The number of hydrogen-bond acceptors (Lipinski definition) is 2. The van der Waals surface area contributed by atoms with Crippen LogP contribution in [0.4, 0.5) is 0 Å². The highest BCUT2D eigenvalue weighted by Gasteiger charge is 2.25. The number of halogens is 1. The molecule has 2 N–H and O–H groups in total. The van der Waals surface area contributed by atoms with Crippen LogP contribution in [0.25, 0.3) is 0 Å². The first-order valence-electron chi connectivity index (χ1n) is 7.55. The van der Waals surface area contributed by atoms with Gasteiger partial charge < -0.3 is 10.6 Å². The number of guanidine groups is 1. The van der Waals surface area contributed by atoms with Crippen LogP contribution in [0.2, 0.25) is 0 Å². The van der Waals surface area contributed by atoms with Gasteiger partial charge in [-0.2, -0.15) is 0 Å². The fraction of sp³-hybridized carbons (Fsp3) is 0.929. The minimum Gasteiger partial charge on any atom is -0.356 e. The first kappa shape index (κ1) is 20.1. The maximum Gasteiger partial charge on any atom is 0.191 e. The summed E-state index contributed by atoms with van der Waals surface area (Å²) in [6, 6.07) is 0.419. The lowest BCUT2D eigenvalue weighted by molar-refractivity contribution is 0.413. The van der Waals surface area contributed by atoms with E-state index in [1.807, 2.05) is 14.0 Å². The van der Waals surface area contributed by atoms with E-state index in [4.69, 9.17) is 0 Å². The van der Waals surface area contributed by atoms with Crippen molar-refractivity contribution in [3.63, 3.8) is 0 Å². The van der Waals surface area contributed by atoms with E-state index in [0.717, 1.165) is 43.9 Å². The van der Waals surface area contributed by atoms with Crippen molar-refractivity contribution in [2.45, 2.75) is 63.7 Å². The van der Waals surface area contributed by atoms with Crippen LogP contribution < -0.4 is 10.6 Å². The first-order chi connectivity index (χ1) is 9.21. The van der Waals surface area contributed by atoms with Crippen LogP contribution in [0.1, 0.15) is 52.4 Å². The van der Waals surface area contributed by atoms with Crippen LogP contribution in [-0.2, 0) is 10.8 Å². The second kappa shape index (κ2) is 11.8. The Labute approximate surface area is 143 Å². The van der Waals surface area contributed by atoms with E-state index in [9.17, 15) is 4.21 Å². The average Bonchev–Trinajstić information content (AvgIpc) is 2.45. The predicted octanol–water partition coefficient (Wildman–Crippen LogP) is 2.65. The van der Waals surface area contributed by atoms with Crippen molar-refractivity contribution >= 4 is 40.7 Å². The van der Waals surface area contributed by atoms with E-state index in [-0.39, 0.29) is 24.0 Å². The number of rotatable bonds is 6. The van der Waals surface area contributed by atoms with E-state index in [1.165, 1.54) is 12.8 Å². The predicted molar refractivity (Wildman–Crippen MR) is 99.5 cm³/mol. The summed E-state index contributed by atoms with van der Waals surface area (Å²) in [5.74, 6) is 1.67. The molecule has 0 bridgehead atoms. The van der Waals surface area contributed by atoms with Crippen LogP contribution in [0, 0.1) is 0 Å². The molecule has 0 heterocycles. The molecule has 1 rings (SSSR count). The van der Waals surface area contributed by atoms with Gasteiger partial charge in [0.05, 0.1) is 0 Å². The van der Waals surface area contributed by atoms with Crippen molar-refractivity contribution < 1.29 is 4.21 Å². The summed E-state index contributed by atoms with van der Waals surface area (Å²) < 4.78 is 11.9. The number of nitrogens with zero attached hydrogens (tertiary/aromatic N) is 1. The maximum atomic E-state index is 11.9. The van der Waals surface area contributed by atoms with Crippen LogP contribution >= 0.6 is 24.0 Å². The van der Waals surface area contributed by atoms with Crippen molar-refractivity contribution in [1.82, 2.24) is 10.6 Å². The molecular weight excluding hydrogens is 385 g/mol. The van der Waals surface area contributed by atoms with E-state index in [2.05, 4.69) is 22.5 Å². The lowest BCUT2D eigenvalue weighted by Crippen LogP contribution is -2.46. The van der Waals surface area contributed by atoms with Gasteiger partial charge in [0.15, 0.2) is 5.96 Å². The summed E-state index contributed by atoms with van der Waals surface area (Å²) in [6.07, 6.45) is 6.79. The molecule has 0 aromatic rings. The van der Waals surface area contributed by atoms with Gasteiger partial charge in [-0.25, -0.2) is 0 Å². The lowest BCUT2D eigenvalue weighted by Gasteiger charge is -2.30. The van der Waals surface area contributed by atoms with Gasteiger partial charge in [0.1, 0.15) is 0 Å². The first-order valence-corrected chi connectivity index (χ1v) is 8.93. The highest BCUT2D eigenvalue weighted by molar-refractivity contribution is 14.0. The standard InChI is InChI=1S/C14H29N3OS.HI/c1-4-6-10-16-14(15-3)17-12-8-7-9-13(11-12)19(18)5-2;/h12-13H,4-11H2,1-3H3,(H2,15,16,17);1H. The van der Waals surface area contributed by atoms with Gasteiger partial charge in [-0.15, -0.1) is 24.0 Å². The molecule has 3 atom stereocenters. The molecule has 3 unspecified atom stereocenters. The van der Waals surface area contributed by atoms with E-state index in [0.29, 0.717) is 11.3 Å². The van der Waals surface area contributed by atoms with Crippen molar-refractivity contribution in [3.05, 3.63) is 0 Å². The smallest absolute Gasteiger partial charge is 0.191 e. The van der Waals surface area contributed by atoms with Crippen LogP contribution in [-0.4, -0.2) is 40.8 Å². The van der Waals surface area contributed by atoms with Crippen molar-refractivity contribution in [2.75, 3.05) is 19.3 Å². The second-order valence-electron chi connectivity index (χ2n) is 5.15. The van der Waals surface area contributed by atoms with Gasteiger partial charge in [0.25, 0.3) is 0 Å². The van der Waals surface area contributed by atoms with Gasteiger partial charge in [-0.1, -0.05) is 26.7 Å². The molecule has 0 amide bonds. The quantitative estimate of drug-likeness (QED) is 0.304. The van der Waals surface area contributed by atoms with Crippen LogP contribution in [0.5, 0.6) is 0 Å². The fourth-order valence-corrected chi connectivity index (χ4v) is 3.87. The van der Waals surface area contributed by atoms with E-state index >= 15 is 0 Å². The van der Waals surface area contributed by atoms with Gasteiger partial charge in [0.2, 0.25) is 0 Å². The molecule has 1 saturated carbocycles. The normalized spacial score (nSPS) is 24.6. The monoisotopic (exact) mass is 415 g/mol. The molecule has 0 spiro atoms. The number of unbranched alkanes of at least 4 members (excludes halogenated alkanes) is 1. The molecule has 0 aromatic heterocycles. The van der Waals surface area contributed by atoms with Crippen molar-refractivity contribution in [2.24, 2.45) is 4.99 Å². The van der Waals surface area contributed by atoms with E-state index in [1.54, 1.807) is 0 Å². The average molecular weight is 415 g/mol. The van der Waals surface area contributed by atoms with Crippen molar-refractivity contribution in [1.29, 1.82) is 0 Å². The molecule has 0 aliphatic heterocycles. The Kier molecular flexibility index (Phi) is 11.9. The molecule has 1 fully saturated rings. The Bertz CT molecular complexity index is 313. The Morgan fingerprint density at radius 3 is 2.70 bits per heavy atom. The van der Waals surface area contributed by atoms with Gasteiger partial charge in [-0.3, -0.25) is 9.20 Å². The zero-order valence-electron chi connectivity index (χ0n) is 13.0. The molecule has 120 valence electrons. The SMILES string of the molecule is CCCCNC(=NC)NC1CCCC(S(=O)CC)C1.I. The largest absolute Gasteiger partial charge is 0.356 e. The Hall–Kier alpha value is 0.150. The highest BCUT2D eigenvalue weighted by atomic mass is 127. The third kappa shape index (κ3) is 7.24. The van der Waals surface area contributed by atoms with Crippen molar-refractivity contribution in [3.8, 4) is 0 Å². The topological polar surface area (TPSA) is 53.5 Å². The molecule has 0 aromatic carbocycles. The zero-order valence-corrected chi connectivity index (χ0v) is 16.1. The summed E-state index contributed by atoms with van der Waals surface area (Å²) in [4.78, 5) is 4.26. The summed E-state index contributed by atoms with van der Waals surface area (Å²) in [5, 5.41) is 7.18. The highest BCUT2D eigenvalue weighted by Crippen LogP contribution is 2.22. The number of aliphatic imine (C=N–C) groups is 1. The molecule has 0 saturated heterocycles. The molecule has 20 heavy (non-hydrogen) atoms. The molecule has 4 nitrogen and oxygen atoms in total. The molecule has 6 heteroatoms. The summed E-state index contributed by atoms with van der Waals surface area (Å²) >= 11 is 0. The van der Waals surface area contributed by atoms with E-state index < -0.39 is 10.8 Å². The Balaban J connectivity index is 0.00000361.